The number of hydrogen-bond donors (Lipinski definition) is 1. The zero-order chi connectivity index (χ0) is 9.52. The quantitative estimate of drug-likeness (QED) is 0.719. The molecule has 1 amide bonds. The summed E-state index contributed by atoms with van der Waals surface area (Å²) in [5, 5.41) is 4.47. The van der Waals surface area contributed by atoms with E-state index < -0.39 is 0 Å². The van der Waals surface area contributed by atoms with Crippen molar-refractivity contribution in [2.75, 3.05) is 20.3 Å². The maximum atomic E-state index is 11.3. The average Bonchev–Trinajstić information content (AvgIpc) is 2.65. The second-order valence-electron chi connectivity index (χ2n) is 2.48. The van der Waals surface area contributed by atoms with Crippen LogP contribution in [0.4, 0.5) is 0 Å². The number of methoxy groups -OCH3 is 1. The lowest BCUT2D eigenvalue weighted by atomic mass is 10.4. The smallest absolute Gasteiger partial charge is 0.270 e. The van der Waals surface area contributed by atoms with Gasteiger partial charge in [0.25, 0.3) is 5.91 Å². The third-order valence-electron chi connectivity index (χ3n) is 1.48. The van der Waals surface area contributed by atoms with Gasteiger partial charge in [-0.3, -0.25) is 4.79 Å². The summed E-state index contributed by atoms with van der Waals surface area (Å²) in [6, 6.07) is 0. The van der Waals surface area contributed by atoms with Gasteiger partial charge in [-0.2, -0.15) is 0 Å². The Morgan fingerprint density at radius 2 is 2.62 bits per heavy atom. The molecule has 0 unspecified atom stereocenters. The van der Waals surface area contributed by atoms with E-state index in [1.54, 1.807) is 18.0 Å². The Labute approximate surface area is 80.9 Å². The second kappa shape index (κ2) is 5.66. The molecule has 0 saturated carbocycles. The predicted molar refractivity (Wildman–Crippen MR) is 50.9 cm³/mol. The molecule has 1 rings (SSSR count). The molecular formula is C8H12N2O2S. The molecule has 72 valence electrons. The summed E-state index contributed by atoms with van der Waals surface area (Å²) < 4.78 is 4.85. The largest absolute Gasteiger partial charge is 0.385 e. The Kier molecular flexibility index (Phi) is 4.42. The molecule has 0 fully saturated rings. The number of hydrogen-bond acceptors (Lipinski definition) is 4. The summed E-state index contributed by atoms with van der Waals surface area (Å²) >= 11 is 1.41. The van der Waals surface area contributed by atoms with Crippen molar-refractivity contribution in [2.24, 2.45) is 0 Å². The molecule has 0 bridgehead atoms. The molecule has 0 aromatic carbocycles. The highest BCUT2D eigenvalue weighted by atomic mass is 32.1. The molecule has 1 heterocycles. The van der Waals surface area contributed by atoms with E-state index in [9.17, 15) is 4.79 Å². The van der Waals surface area contributed by atoms with Crippen LogP contribution in [0.3, 0.4) is 0 Å². The number of nitrogens with one attached hydrogen (secondary N) is 1. The zero-order valence-electron chi connectivity index (χ0n) is 7.45. The van der Waals surface area contributed by atoms with E-state index in [0.717, 1.165) is 6.42 Å². The third kappa shape index (κ3) is 3.52. The van der Waals surface area contributed by atoms with Gasteiger partial charge >= 0.3 is 0 Å². The number of carbonyl (C=O) groups excluding carboxylic acids is 1. The van der Waals surface area contributed by atoms with Crippen molar-refractivity contribution >= 4 is 17.2 Å². The Morgan fingerprint density at radius 3 is 3.23 bits per heavy atom. The van der Waals surface area contributed by atoms with E-state index in [1.807, 2.05) is 0 Å². The summed E-state index contributed by atoms with van der Waals surface area (Å²) in [6.07, 6.45) is 0.826. The monoisotopic (exact) mass is 200 g/mol. The van der Waals surface area contributed by atoms with Gasteiger partial charge in [-0.1, -0.05) is 0 Å². The fourth-order valence-electron chi connectivity index (χ4n) is 0.834. The van der Waals surface area contributed by atoms with Gasteiger partial charge in [0.05, 0.1) is 5.51 Å². The molecule has 5 heteroatoms. The maximum absolute atomic E-state index is 11.3. The number of thiazole rings is 1. The van der Waals surface area contributed by atoms with E-state index in [4.69, 9.17) is 4.74 Å². The zero-order valence-corrected chi connectivity index (χ0v) is 8.26. The first-order chi connectivity index (χ1) is 6.34. The normalized spacial score (nSPS) is 9.92. The Bertz CT molecular complexity index is 249. The first-order valence-corrected chi connectivity index (χ1v) is 4.94. The molecule has 0 radical (unpaired) electrons. The van der Waals surface area contributed by atoms with Crippen LogP contribution in [-0.4, -0.2) is 31.2 Å². The molecule has 4 nitrogen and oxygen atoms in total. The number of aromatic nitrogens is 1. The molecule has 0 spiro atoms. The van der Waals surface area contributed by atoms with Gasteiger partial charge in [-0.25, -0.2) is 4.98 Å². The minimum atomic E-state index is -0.114. The molecule has 0 atom stereocenters. The molecule has 1 N–H and O–H groups in total. The fourth-order valence-corrected chi connectivity index (χ4v) is 1.37. The predicted octanol–water partition coefficient (Wildman–Crippen LogP) is 0.909. The van der Waals surface area contributed by atoms with Crippen LogP contribution < -0.4 is 5.32 Å². The molecule has 1 aromatic rings. The van der Waals surface area contributed by atoms with E-state index in [2.05, 4.69) is 10.3 Å². The van der Waals surface area contributed by atoms with E-state index in [-0.39, 0.29) is 5.91 Å². The molecule has 0 saturated heterocycles. The van der Waals surface area contributed by atoms with Gasteiger partial charge < -0.3 is 10.1 Å². The van der Waals surface area contributed by atoms with Crippen molar-refractivity contribution in [1.82, 2.24) is 10.3 Å². The van der Waals surface area contributed by atoms with Crippen molar-refractivity contribution in [2.45, 2.75) is 6.42 Å². The summed E-state index contributed by atoms with van der Waals surface area (Å²) in [5.41, 5.74) is 2.13. The highest BCUT2D eigenvalue weighted by Gasteiger charge is 2.05. The third-order valence-corrected chi connectivity index (χ3v) is 2.06. The average molecular weight is 200 g/mol. The summed E-state index contributed by atoms with van der Waals surface area (Å²) in [7, 11) is 1.64. The van der Waals surface area contributed by atoms with Gasteiger partial charge in [0.2, 0.25) is 0 Å². The standard InChI is InChI=1S/C8H12N2O2S/c1-12-4-2-3-9-8(11)7-5-13-6-10-7/h5-6H,2-4H2,1H3,(H,9,11). The van der Waals surface area contributed by atoms with Crippen LogP contribution in [0.5, 0.6) is 0 Å². The van der Waals surface area contributed by atoms with Crippen LogP contribution in [0, 0.1) is 0 Å². The second-order valence-corrected chi connectivity index (χ2v) is 3.19. The lowest BCUT2D eigenvalue weighted by molar-refractivity contribution is 0.0944. The van der Waals surface area contributed by atoms with E-state index in [0.29, 0.717) is 18.8 Å². The lowest BCUT2D eigenvalue weighted by Crippen LogP contribution is -2.25. The lowest BCUT2D eigenvalue weighted by Gasteiger charge is -2.01. The van der Waals surface area contributed by atoms with Crippen LogP contribution in [0.15, 0.2) is 10.9 Å². The molecule has 1 aromatic heterocycles. The van der Waals surface area contributed by atoms with Gasteiger partial charge in [0.15, 0.2) is 0 Å². The van der Waals surface area contributed by atoms with Crippen molar-refractivity contribution in [3.05, 3.63) is 16.6 Å². The molecule has 0 aliphatic heterocycles. The number of amides is 1. The van der Waals surface area contributed by atoms with Crippen LogP contribution in [0.1, 0.15) is 16.9 Å². The highest BCUT2D eigenvalue weighted by molar-refractivity contribution is 7.07. The van der Waals surface area contributed by atoms with Crippen molar-refractivity contribution < 1.29 is 9.53 Å². The van der Waals surface area contributed by atoms with Gasteiger partial charge in [-0.05, 0) is 6.42 Å². The summed E-state index contributed by atoms with van der Waals surface area (Å²) in [5.74, 6) is -0.114. The number of rotatable bonds is 5. The van der Waals surface area contributed by atoms with E-state index >= 15 is 0 Å². The summed E-state index contributed by atoms with van der Waals surface area (Å²) in [4.78, 5) is 15.2. The number of nitrogens with zero attached hydrogens (tertiary/aromatic N) is 1. The SMILES string of the molecule is COCCCNC(=O)c1cscn1. The van der Waals surface area contributed by atoms with Gasteiger partial charge in [0.1, 0.15) is 5.69 Å². The van der Waals surface area contributed by atoms with Gasteiger partial charge in [0, 0.05) is 25.6 Å². The summed E-state index contributed by atoms with van der Waals surface area (Å²) in [6.45, 7) is 1.29. The van der Waals surface area contributed by atoms with Gasteiger partial charge in [-0.15, -0.1) is 11.3 Å². The van der Waals surface area contributed by atoms with Crippen LogP contribution in [0.25, 0.3) is 0 Å². The topological polar surface area (TPSA) is 51.2 Å². The molecular weight excluding hydrogens is 188 g/mol. The Morgan fingerprint density at radius 1 is 1.77 bits per heavy atom. The Hall–Kier alpha value is -0.940. The molecule has 13 heavy (non-hydrogen) atoms. The molecule has 0 aliphatic carbocycles. The highest BCUT2D eigenvalue weighted by Crippen LogP contribution is 1.99. The van der Waals surface area contributed by atoms with Crippen LogP contribution >= 0.6 is 11.3 Å². The first kappa shape index (κ1) is 10.1. The number of carbonyl (C=O) groups is 1. The van der Waals surface area contributed by atoms with Crippen LogP contribution in [-0.2, 0) is 4.74 Å². The first-order valence-electron chi connectivity index (χ1n) is 4.00. The molecule has 0 aliphatic rings. The fraction of sp³-hybridized carbons (Fsp3) is 0.500. The number of ether oxygens (including phenoxy) is 1. The van der Waals surface area contributed by atoms with Crippen molar-refractivity contribution in [3.8, 4) is 0 Å². The minimum Gasteiger partial charge on any atom is -0.385 e. The van der Waals surface area contributed by atoms with Crippen LogP contribution in [0.2, 0.25) is 0 Å². The van der Waals surface area contributed by atoms with E-state index in [1.165, 1.54) is 11.3 Å². The minimum absolute atomic E-state index is 0.114. The maximum Gasteiger partial charge on any atom is 0.270 e. The Balaban J connectivity index is 2.19. The van der Waals surface area contributed by atoms with Crippen molar-refractivity contribution in [1.29, 1.82) is 0 Å². The van der Waals surface area contributed by atoms with Crippen molar-refractivity contribution in [3.63, 3.8) is 0 Å².